The van der Waals surface area contributed by atoms with Crippen LogP contribution >= 0.6 is 0 Å². The molecule has 1 aromatic heterocycles. The maximum Gasteiger partial charge on any atom is 0.146 e. The van der Waals surface area contributed by atoms with Gasteiger partial charge in [0, 0.05) is 13.1 Å². The molecule has 0 saturated carbocycles. The van der Waals surface area contributed by atoms with Gasteiger partial charge in [-0.15, -0.1) is 0 Å². The molecule has 4 heteroatoms. The number of hydrogen-bond donors (Lipinski definition) is 2. The quantitative estimate of drug-likeness (QED) is 0.760. The van der Waals surface area contributed by atoms with E-state index in [-0.39, 0.29) is 0 Å². The van der Waals surface area contributed by atoms with Gasteiger partial charge in [0.1, 0.15) is 17.7 Å². The Labute approximate surface area is 84.0 Å². The summed E-state index contributed by atoms with van der Waals surface area (Å²) in [6.45, 7) is 5.57. The second-order valence-electron chi connectivity index (χ2n) is 2.77. The molecule has 0 aliphatic carbocycles. The van der Waals surface area contributed by atoms with Gasteiger partial charge in [-0.25, -0.2) is 4.98 Å². The average Bonchev–Trinajstić information content (AvgIpc) is 2.19. The first-order valence-corrected chi connectivity index (χ1v) is 4.70. The Bertz CT molecular complexity index is 340. The Balaban J connectivity index is 2.96. The van der Waals surface area contributed by atoms with Crippen molar-refractivity contribution in [1.29, 1.82) is 5.26 Å². The molecule has 0 spiro atoms. The van der Waals surface area contributed by atoms with Crippen molar-refractivity contribution >= 4 is 11.6 Å². The molecule has 1 aromatic rings. The van der Waals surface area contributed by atoms with Gasteiger partial charge in [0.05, 0.1) is 5.56 Å². The maximum atomic E-state index is 8.82. The van der Waals surface area contributed by atoms with Gasteiger partial charge in [-0.2, -0.15) is 5.26 Å². The third-order valence-electron chi connectivity index (χ3n) is 1.72. The Morgan fingerprint density at radius 2 is 2.00 bits per heavy atom. The lowest BCUT2D eigenvalue weighted by molar-refractivity contribution is 1.12. The fourth-order valence-electron chi connectivity index (χ4n) is 1.13. The lowest BCUT2D eigenvalue weighted by atomic mass is 10.2. The summed E-state index contributed by atoms with van der Waals surface area (Å²) in [5, 5.41) is 15.0. The van der Waals surface area contributed by atoms with E-state index >= 15 is 0 Å². The number of hydrogen-bond acceptors (Lipinski definition) is 4. The second kappa shape index (κ2) is 5.07. The van der Waals surface area contributed by atoms with E-state index in [0.29, 0.717) is 11.4 Å². The normalized spacial score (nSPS) is 9.21. The van der Waals surface area contributed by atoms with Gasteiger partial charge in [0.25, 0.3) is 0 Å². The summed E-state index contributed by atoms with van der Waals surface area (Å²) >= 11 is 0. The van der Waals surface area contributed by atoms with E-state index in [4.69, 9.17) is 5.26 Å². The minimum atomic E-state index is 0.577. The number of aromatic nitrogens is 1. The third-order valence-corrected chi connectivity index (χ3v) is 1.72. The Morgan fingerprint density at radius 3 is 2.57 bits per heavy atom. The van der Waals surface area contributed by atoms with Crippen LogP contribution in [0.1, 0.15) is 19.4 Å². The number of nitriles is 1. The van der Waals surface area contributed by atoms with Crippen LogP contribution in [0.2, 0.25) is 0 Å². The molecule has 0 amide bonds. The highest BCUT2D eigenvalue weighted by Crippen LogP contribution is 2.14. The molecule has 74 valence electrons. The van der Waals surface area contributed by atoms with E-state index < -0.39 is 0 Å². The highest BCUT2D eigenvalue weighted by molar-refractivity contribution is 5.56. The highest BCUT2D eigenvalue weighted by Gasteiger charge is 2.03. The molecule has 14 heavy (non-hydrogen) atoms. The molecule has 1 heterocycles. The zero-order valence-corrected chi connectivity index (χ0v) is 8.46. The molecule has 0 saturated heterocycles. The topological polar surface area (TPSA) is 60.7 Å². The van der Waals surface area contributed by atoms with Crippen LogP contribution < -0.4 is 10.6 Å². The van der Waals surface area contributed by atoms with Crippen LogP contribution in [-0.4, -0.2) is 18.1 Å². The SMILES string of the molecule is CCNc1ccc(C#N)c(NCC)n1. The average molecular weight is 190 g/mol. The van der Waals surface area contributed by atoms with E-state index in [0.717, 1.165) is 18.9 Å². The second-order valence-corrected chi connectivity index (χ2v) is 2.77. The van der Waals surface area contributed by atoms with Crippen molar-refractivity contribution in [2.45, 2.75) is 13.8 Å². The molecular weight excluding hydrogens is 176 g/mol. The van der Waals surface area contributed by atoms with Crippen molar-refractivity contribution in [3.8, 4) is 6.07 Å². The van der Waals surface area contributed by atoms with Crippen molar-refractivity contribution in [1.82, 2.24) is 4.98 Å². The third kappa shape index (κ3) is 2.36. The van der Waals surface area contributed by atoms with Crippen LogP contribution in [-0.2, 0) is 0 Å². The van der Waals surface area contributed by atoms with E-state index in [1.165, 1.54) is 0 Å². The van der Waals surface area contributed by atoms with E-state index in [9.17, 15) is 0 Å². The molecule has 0 aliphatic heterocycles. The Morgan fingerprint density at radius 1 is 1.29 bits per heavy atom. The van der Waals surface area contributed by atoms with Gasteiger partial charge >= 0.3 is 0 Å². The predicted octanol–water partition coefficient (Wildman–Crippen LogP) is 1.82. The van der Waals surface area contributed by atoms with Gasteiger partial charge in [-0.05, 0) is 26.0 Å². The maximum absolute atomic E-state index is 8.82. The number of nitrogens with zero attached hydrogens (tertiary/aromatic N) is 2. The minimum absolute atomic E-state index is 0.577. The van der Waals surface area contributed by atoms with Crippen LogP contribution in [0.15, 0.2) is 12.1 Å². The molecule has 0 aromatic carbocycles. The van der Waals surface area contributed by atoms with E-state index in [1.807, 2.05) is 19.9 Å². The van der Waals surface area contributed by atoms with Gasteiger partial charge in [-0.1, -0.05) is 0 Å². The molecule has 0 bridgehead atoms. The van der Waals surface area contributed by atoms with Crippen LogP contribution in [0.5, 0.6) is 0 Å². The molecule has 0 fully saturated rings. The Kier molecular flexibility index (Phi) is 3.74. The van der Waals surface area contributed by atoms with Crippen LogP contribution in [0.3, 0.4) is 0 Å². The first kappa shape index (κ1) is 10.3. The summed E-state index contributed by atoms with van der Waals surface area (Å²) in [7, 11) is 0. The van der Waals surface area contributed by atoms with Crippen molar-refractivity contribution < 1.29 is 0 Å². The summed E-state index contributed by atoms with van der Waals surface area (Å²) in [5.41, 5.74) is 0.577. The number of nitrogens with one attached hydrogen (secondary N) is 2. The number of pyridine rings is 1. The van der Waals surface area contributed by atoms with Crippen molar-refractivity contribution in [3.05, 3.63) is 17.7 Å². The van der Waals surface area contributed by atoms with Gasteiger partial charge in [-0.3, -0.25) is 0 Å². The largest absolute Gasteiger partial charge is 0.370 e. The predicted molar refractivity (Wildman–Crippen MR) is 57.3 cm³/mol. The van der Waals surface area contributed by atoms with Crippen LogP contribution in [0, 0.1) is 11.3 Å². The molecule has 0 atom stereocenters. The molecule has 1 rings (SSSR count). The molecule has 0 unspecified atom stereocenters. The monoisotopic (exact) mass is 190 g/mol. The minimum Gasteiger partial charge on any atom is -0.370 e. The highest BCUT2D eigenvalue weighted by atomic mass is 15.1. The lowest BCUT2D eigenvalue weighted by Gasteiger charge is -2.07. The van der Waals surface area contributed by atoms with Crippen molar-refractivity contribution in [2.75, 3.05) is 23.7 Å². The van der Waals surface area contributed by atoms with E-state index in [1.54, 1.807) is 6.07 Å². The fraction of sp³-hybridized carbons (Fsp3) is 0.400. The summed E-state index contributed by atoms with van der Waals surface area (Å²) in [6, 6.07) is 5.67. The summed E-state index contributed by atoms with van der Waals surface area (Å²) in [5.74, 6) is 1.44. The van der Waals surface area contributed by atoms with Crippen LogP contribution in [0.4, 0.5) is 11.6 Å². The number of anilines is 2. The summed E-state index contributed by atoms with van der Waals surface area (Å²) in [6.07, 6.45) is 0. The zero-order valence-electron chi connectivity index (χ0n) is 8.46. The molecule has 4 nitrogen and oxygen atoms in total. The summed E-state index contributed by atoms with van der Waals surface area (Å²) < 4.78 is 0. The first-order chi connectivity index (χ1) is 6.81. The molecule has 0 aliphatic rings. The van der Waals surface area contributed by atoms with Crippen molar-refractivity contribution in [3.63, 3.8) is 0 Å². The lowest BCUT2D eigenvalue weighted by Crippen LogP contribution is -2.05. The molecule has 0 radical (unpaired) electrons. The summed E-state index contributed by atoms with van der Waals surface area (Å²) in [4.78, 5) is 4.28. The zero-order chi connectivity index (χ0) is 10.4. The van der Waals surface area contributed by atoms with Crippen LogP contribution in [0.25, 0.3) is 0 Å². The number of rotatable bonds is 4. The Hall–Kier alpha value is -1.76. The standard InChI is InChI=1S/C10H14N4/c1-3-12-9-6-5-8(7-11)10(14-9)13-4-2/h5-6H,3-4H2,1-2H3,(H2,12,13,14). The molecule has 2 N–H and O–H groups in total. The molecular formula is C10H14N4. The first-order valence-electron chi connectivity index (χ1n) is 4.70. The van der Waals surface area contributed by atoms with E-state index in [2.05, 4.69) is 21.7 Å². The fourth-order valence-corrected chi connectivity index (χ4v) is 1.13. The van der Waals surface area contributed by atoms with Crippen molar-refractivity contribution in [2.24, 2.45) is 0 Å². The van der Waals surface area contributed by atoms with Gasteiger partial charge in [0.15, 0.2) is 0 Å². The van der Waals surface area contributed by atoms with Gasteiger partial charge in [0.2, 0.25) is 0 Å². The smallest absolute Gasteiger partial charge is 0.146 e. The van der Waals surface area contributed by atoms with Gasteiger partial charge < -0.3 is 10.6 Å².